The second-order valence-corrected chi connectivity index (χ2v) is 9.12. The molecule has 1 heterocycles. The van der Waals surface area contributed by atoms with Gasteiger partial charge in [0, 0.05) is 11.1 Å². The van der Waals surface area contributed by atoms with Gasteiger partial charge in [0.05, 0.1) is 16.1 Å². The van der Waals surface area contributed by atoms with Crippen LogP contribution >= 0.6 is 35.0 Å². The van der Waals surface area contributed by atoms with Gasteiger partial charge >= 0.3 is 11.9 Å². The molecule has 2 aromatic carbocycles. The smallest absolute Gasteiger partial charge is 0.335 e. The first kappa shape index (κ1) is 23.2. The zero-order valence-electron chi connectivity index (χ0n) is 16.6. The number of nitrogens with zero attached hydrogens (tertiary/aromatic N) is 1. The predicted molar refractivity (Wildman–Crippen MR) is 121 cm³/mol. The molecule has 2 N–H and O–H groups in total. The van der Waals surface area contributed by atoms with Crippen molar-refractivity contribution in [1.29, 1.82) is 0 Å². The lowest BCUT2D eigenvalue weighted by molar-refractivity contribution is -0.138. The molecule has 2 atom stereocenters. The van der Waals surface area contributed by atoms with Gasteiger partial charge in [0.2, 0.25) is 0 Å². The van der Waals surface area contributed by atoms with Gasteiger partial charge in [-0.1, -0.05) is 35.3 Å². The van der Waals surface area contributed by atoms with Crippen molar-refractivity contribution in [2.75, 3.05) is 0 Å². The number of halogens is 2. The summed E-state index contributed by atoms with van der Waals surface area (Å²) in [5.74, 6) is -2.66. The lowest BCUT2D eigenvalue weighted by Crippen LogP contribution is -2.57. The number of aromatic carboxylic acids is 1. The van der Waals surface area contributed by atoms with E-state index in [9.17, 15) is 24.6 Å². The molecule has 1 aliphatic heterocycles. The van der Waals surface area contributed by atoms with Crippen LogP contribution in [0.1, 0.15) is 40.1 Å². The zero-order valence-corrected chi connectivity index (χ0v) is 18.9. The molecular formula is C22H19Cl2NO5S. The largest absolute Gasteiger partial charge is 0.480 e. The van der Waals surface area contributed by atoms with E-state index in [0.29, 0.717) is 10.6 Å². The first-order valence-corrected chi connectivity index (χ1v) is 11.0. The number of hydrogen-bond donors (Lipinski definition) is 2. The average Bonchev–Trinajstić information content (AvgIpc) is 3.13. The topological polar surface area (TPSA) is 94.9 Å². The minimum atomic E-state index is -1.36. The number of carboxylic acids is 2. The first-order chi connectivity index (χ1) is 14.6. The molecule has 0 saturated carbocycles. The molecule has 0 radical (unpaired) electrons. The molecule has 0 saturated heterocycles. The molecule has 0 bridgehead atoms. The van der Waals surface area contributed by atoms with Gasteiger partial charge in [0.1, 0.15) is 10.8 Å². The highest BCUT2D eigenvalue weighted by molar-refractivity contribution is 8.03. The standard InChI is InChI=1S/C22H19Cl2NO5S/c1-12(2)25(19(26)16-8-7-15(23)11-17(16)24)22(9-10-31-18(22)21(29)30)14-5-3-13(4-6-14)20(27)28/h3-12,18H,1-2H3,(H,27,28)(H,29,30). The van der Waals surface area contributed by atoms with Crippen LogP contribution in [0.4, 0.5) is 0 Å². The molecule has 1 amide bonds. The summed E-state index contributed by atoms with van der Waals surface area (Å²) in [5.41, 5.74) is -0.625. The number of carbonyl (C=O) groups excluding carboxylic acids is 1. The van der Waals surface area contributed by atoms with E-state index in [1.165, 1.54) is 29.2 Å². The summed E-state index contributed by atoms with van der Waals surface area (Å²) in [6.45, 7) is 3.57. The van der Waals surface area contributed by atoms with Gasteiger partial charge in [-0.2, -0.15) is 0 Å². The number of benzene rings is 2. The molecule has 1 aliphatic rings. The van der Waals surface area contributed by atoms with Crippen molar-refractivity contribution in [2.24, 2.45) is 0 Å². The number of rotatable bonds is 6. The van der Waals surface area contributed by atoms with Crippen LogP contribution in [0.25, 0.3) is 0 Å². The van der Waals surface area contributed by atoms with Crippen LogP contribution in [0.15, 0.2) is 53.9 Å². The molecule has 9 heteroatoms. The molecule has 0 fully saturated rings. The number of thioether (sulfide) groups is 1. The molecule has 6 nitrogen and oxygen atoms in total. The van der Waals surface area contributed by atoms with Crippen LogP contribution in [0.5, 0.6) is 0 Å². The second kappa shape index (κ2) is 8.94. The Labute approximate surface area is 193 Å². The number of aliphatic carboxylic acids is 1. The Morgan fingerprint density at radius 3 is 2.23 bits per heavy atom. The lowest BCUT2D eigenvalue weighted by atomic mass is 9.82. The minimum absolute atomic E-state index is 0.0589. The fraction of sp³-hybridized carbons (Fsp3) is 0.227. The van der Waals surface area contributed by atoms with E-state index >= 15 is 0 Å². The SMILES string of the molecule is CC(C)N(C(=O)c1ccc(Cl)cc1Cl)C1(c2ccc(C(=O)O)cc2)C=CSC1C(=O)O. The molecule has 162 valence electrons. The molecule has 2 unspecified atom stereocenters. The van der Waals surface area contributed by atoms with Gasteiger partial charge in [-0.05, 0) is 61.2 Å². The van der Waals surface area contributed by atoms with Gasteiger partial charge in [0.25, 0.3) is 5.91 Å². The fourth-order valence-electron chi connectivity index (χ4n) is 3.75. The minimum Gasteiger partial charge on any atom is -0.480 e. The first-order valence-electron chi connectivity index (χ1n) is 9.28. The third kappa shape index (κ3) is 4.18. The molecule has 3 rings (SSSR count). The Bertz CT molecular complexity index is 1070. The summed E-state index contributed by atoms with van der Waals surface area (Å²) in [4.78, 5) is 38.7. The van der Waals surface area contributed by atoms with Crippen molar-refractivity contribution in [3.05, 3.63) is 80.7 Å². The monoisotopic (exact) mass is 479 g/mol. The summed E-state index contributed by atoms with van der Waals surface area (Å²) in [6, 6.07) is 9.97. The molecule has 0 spiro atoms. The van der Waals surface area contributed by atoms with Crippen molar-refractivity contribution in [1.82, 2.24) is 4.90 Å². The Morgan fingerprint density at radius 2 is 1.71 bits per heavy atom. The van der Waals surface area contributed by atoms with Crippen molar-refractivity contribution >= 4 is 52.8 Å². The van der Waals surface area contributed by atoms with Crippen LogP contribution in [-0.2, 0) is 10.3 Å². The quantitative estimate of drug-likeness (QED) is 0.594. The van der Waals surface area contributed by atoms with E-state index in [1.54, 1.807) is 43.5 Å². The van der Waals surface area contributed by atoms with E-state index in [-0.39, 0.29) is 16.1 Å². The van der Waals surface area contributed by atoms with Gasteiger partial charge < -0.3 is 15.1 Å². The highest BCUT2D eigenvalue weighted by Gasteiger charge is 2.53. The van der Waals surface area contributed by atoms with Crippen LogP contribution < -0.4 is 0 Å². The van der Waals surface area contributed by atoms with E-state index in [4.69, 9.17) is 23.2 Å². The Kier molecular flexibility index (Phi) is 6.69. The average molecular weight is 480 g/mol. The summed E-state index contributed by atoms with van der Waals surface area (Å²) < 4.78 is 0. The maximum Gasteiger partial charge on any atom is 0.335 e. The molecule has 2 aromatic rings. The Balaban J connectivity index is 2.23. The van der Waals surface area contributed by atoms with Gasteiger partial charge in [-0.15, -0.1) is 11.8 Å². The maximum absolute atomic E-state index is 13.7. The van der Waals surface area contributed by atoms with Crippen molar-refractivity contribution in [3.63, 3.8) is 0 Å². The van der Waals surface area contributed by atoms with E-state index in [1.807, 2.05) is 0 Å². The van der Waals surface area contributed by atoms with Crippen LogP contribution in [0.3, 0.4) is 0 Å². The highest BCUT2D eigenvalue weighted by atomic mass is 35.5. The third-order valence-electron chi connectivity index (χ3n) is 5.05. The van der Waals surface area contributed by atoms with Crippen molar-refractivity contribution in [2.45, 2.75) is 30.7 Å². The predicted octanol–water partition coefficient (Wildman–Crippen LogP) is 5.15. The summed E-state index contributed by atoms with van der Waals surface area (Å²) in [7, 11) is 0. The third-order valence-corrected chi connectivity index (χ3v) is 6.72. The number of hydrogen-bond acceptors (Lipinski definition) is 4. The number of carbonyl (C=O) groups is 3. The maximum atomic E-state index is 13.7. The van der Waals surface area contributed by atoms with Crippen LogP contribution in [-0.4, -0.2) is 44.3 Å². The van der Waals surface area contributed by atoms with E-state index in [0.717, 1.165) is 11.8 Å². The zero-order chi connectivity index (χ0) is 22.9. The van der Waals surface area contributed by atoms with Crippen LogP contribution in [0.2, 0.25) is 10.0 Å². The van der Waals surface area contributed by atoms with E-state index in [2.05, 4.69) is 0 Å². The molecular weight excluding hydrogens is 461 g/mol. The van der Waals surface area contributed by atoms with Gasteiger partial charge in [-0.25, -0.2) is 4.79 Å². The summed E-state index contributed by atoms with van der Waals surface area (Å²) in [6.07, 6.45) is 1.67. The normalized spacial score (nSPS) is 20.1. The molecule has 31 heavy (non-hydrogen) atoms. The fourth-order valence-corrected chi connectivity index (χ4v) is 5.34. The number of amides is 1. The molecule has 0 aliphatic carbocycles. The van der Waals surface area contributed by atoms with Crippen molar-refractivity contribution < 1.29 is 24.6 Å². The summed E-state index contributed by atoms with van der Waals surface area (Å²) >= 11 is 13.3. The Morgan fingerprint density at radius 1 is 1.06 bits per heavy atom. The Hall–Kier alpha value is -2.48. The van der Waals surface area contributed by atoms with E-state index < -0.39 is 34.7 Å². The highest BCUT2D eigenvalue weighted by Crippen LogP contribution is 2.47. The molecule has 0 aromatic heterocycles. The number of carboxylic acid groups (broad SMARTS) is 2. The van der Waals surface area contributed by atoms with Gasteiger partial charge in [0.15, 0.2) is 0 Å². The summed E-state index contributed by atoms with van der Waals surface area (Å²) in [5, 5.41) is 20.4. The second-order valence-electron chi connectivity index (χ2n) is 7.26. The van der Waals surface area contributed by atoms with Gasteiger partial charge in [-0.3, -0.25) is 9.59 Å². The van der Waals surface area contributed by atoms with Crippen molar-refractivity contribution in [3.8, 4) is 0 Å². The van der Waals surface area contributed by atoms with Crippen LogP contribution in [0, 0.1) is 0 Å². The lowest BCUT2D eigenvalue weighted by Gasteiger charge is -2.45.